The van der Waals surface area contributed by atoms with Crippen molar-refractivity contribution < 1.29 is 10.2 Å². The molecule has 2 nitrogen and oxygen atoms in total. The van der Waals surface area contributed by atoms with E-state index < -0.39 is 0 Å². The minimum atomic E-state index is 0.169. The summed E-state index contributed by atoms with van der Waals surface area (Å²) in [5.74, 6) is 0.339. The van der Waals surface area contributed by atoms with Crippen LogP contribution in [0.2, 0.25) is 0 Å². The molecule has 0 aliphatic heterocycles. The van der Waals surface area contributed by atoms with E-state index in [2.05, 4.69) is 31.9 Å². The molecule has 2 rings (SSSR count). The number of halogens is 2. The topological polar surface area (TPSA) is 40.5 Å². The van der Waals surface area contributed by atoms with E-state index in [1.807, 2.05) is 24.3 Å². The second-order valence-electron chi connectivity index (χ2n) is 2.93. The predicted octanol–water partition coefficient (Wildman–Crippen LogP) is 4.31. The molecule has 0 unspecified atom stereocenters. The Kier molecular flexibility index (Phi) is 5.35. The monoisotopic (exact) mass is 344 g/mol. The van der Waals surface area contributed by atoms with E-state index in [0.29, 0.717) is 0 Å². The zero-order chi connectivity index (χ0) is 12.0. The highest BCUT2D eigenvalue weighted by Gasteiger charge is 1.88. The molecule has 0 fully saturated rings. The van der Waals surface area contributed by atoms with Crippen LogP contribution in [0.1, 0.15) is 0 Å². The second kappa shape index (κ2) is 6.55. The summed E-state index contributed by atoms with van der Waals surface area (Å²) in [4.78, 5) is 0. The summed E-state index contributed by atoms with van der Waals surface area (Å²) in [6, 6.07) is 13.6. The SMILES string of the molecule is Brc1ccccc1Br.Oc1ccc(O)cc1. The Morgan fingerprint density at radius 1 is 0.625 bits per heavy atom. The lowest BCUT2D eigenvalue weighted by molar-refractivity contribution is 0.460. The molecule has 0 saturated carbocycles. The van der Waals surface area contributed by atoms with Gasteiger partial charge < -0.3 is 10.2 Å². The van der Waals surface area contributed by atoms with Crippen molar-refractivity contribution in [1.29, 1.82) is 0 Å². The second-order valence-corrected chi connectivity index (χ2v) is 4.64. The number of phenols is 2. The Hall–Kier alpha value is -1.00. The van der Waals surface area contributed by atoms with Gasteiger partial charge in [0.05, 0.1) is 0 Å². The summed E-state index contributed by atoms with van der Waals surface area (Å²) in [6.45, 7) is 0. The summed E-state index contributed by atoms with van der Waals surface area (Å²) in [7, 11) is 0. The molecule has 0 spiro atoms. The van der Waals surface area contributed by atoms with Crippen LogP contribution in [0.25, 0.3) is 0 Å². The van der Waals surface area contributed by atoms with Gasteiger partial charge in [-0.05, 0) is 68.3 Å². The highest BCUT2D eigenvalue weighted by atomic mass is 79.9. The molecule has 2 aromatic carbocycles. The fourth-order valence-electron chi connectivity index (χ4n) is 0.892. The fourth-order valence-corrected chi connectivity index (χ4v) is 1.46. The lowest BCUT2D eigenvalue weighted by atomic mass is 10.3. The lowest BCUT2D eigenvalue weighted by Crippen LogP contribution is -1.63. The standard InChI is InChI=1S/C6H4Br2.C6H6O2/c7-5-3-1-2-4-6(5)8;7-5-1-2-6(8)4-3-5/h1-4H;1-4,7-8H. The molecular formula is C12H10Br2O2. The minimum Gasteiger partial charge on any atom is -0.508 e. The van der Waals surface area contributed by atoms with Crippen LogP contribution in [-0.2, 0) is 0 Å². The van der Waals surface area contributed by atoms with Gasteiger partial charge in [0.2, 0.25) is 0 Å². The summed E-state index contributed by atoms with van der Waals surface area (Å²) in [5.41, 5.74) is 0. The third-order valence-electron chi connectivity index (χ3n) is 1.67. The molecule has 0 radical (unpaired) electrons. The van der Waals surface area contributed by atoms with Crippen LogP contribution in [0.15, 0.2) is 57.5 Å². The van der Waals surface area contributed by atoms with E-state index in [4.69, 9.17) is 10.2 Å². The van der Waals surface area contributed by atoms with Crippen LogP contribution in [0, 0.1) is 0 Å². The fraction of sp³-hybridized carbons (Fsp3) is 0. The maximum absolute atomic E-state index is 8.65. The molecule has 4 heteroatoms. The number of hydrogen-bond donors (Lipinski definition) is 2. The first-order valence-corrected chi connectivity index (χ1v) is 6.06. The van der Waals surface area contributed by atoms with E-state index in [1.54, 1.807) is 0 Å². The zero-order valence-corrected chi connectivity index (χ0v) is 11.4. The predicted molar refractivity (Wildman–Crippen MR) is 71.6 cm³/mol. The highest BCUT2D eigenvalue weighted by Crippen LogP contribution is 2.20. The first-order valence-electron chi connectivity index (χ1n) is 4.47. The minimum absolute atomic E-state index is 0.169. The smallest absolute Gasteiger partial charge is 0.115 e. The van der Waals surface area contributed by atoms with Crippen molar-refractivity contribution in [3.05, 3.63) is 57.5 Å². The first kappa shape index (κ1) is 13.1. The van der Waals surface area contributed by atoms with Gasteiger partial charge in [-0.25, -0.2) is 0 Å². The quantitative estimate of drug-likeness (QED) is 0.698. The van der Waals surface area contributed by atoms with Crippen molar-refractivity contribution in [2.45, 2.75) is 0 Å². The van der Waals surface area contributed by atoms with Crippen LogP contribution in [0.5, 0.6) is 11.5 Å². The summed E-state index contributed by atoms with van der Waals surface area (Å²) < 4.78 is 2.19. The number of phenolic OH excluding ortho intramolecular Hbond substituents is 2. The van der Waals surface area contributed by atoms with E-state index in [-0.39, 0.29) is 11.5 Å². The van der Waals surface area contributed by atoms with Crippen molar-refractivity contribution in [3.63, 3.8) is 0 Å². The normalized spacial score (nSPS) is 9.12. The van der Waals surface area contributed by atoms with Crippen LogP contribution in [0.3, 0.4) is 0 Å². The van der Waals surface area contributed by atoms with Gasteiger partial charge in [-0.1, -0.05) is 12.1 Å². The molecule has 84 valence electrons. The average molecular weight is 346 g/mol. The Labute approximate surface area is 111 Å². The van der Waals surface area contributed by atoms with E-state index >= 15 is 0 Å². The van der Waals surface area contributed by atoms with Gasteiger partial charge in [0.1, 0.15) is 11.5 Å². The van der Waals surface area contributed by atoms with Gasteiger partial charge in [0.15, 0.2) is 0 Å². The Balaban J connectivity index is 0.000000160. The van der Waals surface area contributed by atoms with Crippen molar-refractivity contribution in [1.82, 2.24) is 0 Å². The van der Waals surface area contributed by atoms with E-state index in [9.17, 15) is 0 Å². The maximum Gasteiger partial charge on any atom is 0.115 e. The molecule has 2 aromatic rings. The summed E-state index contributed by atoms with van der Waals surface area (Å²) in [6.07, 6.45) is 0. The number of aromatic hydroxyl groups is 2. The molecule has 16 heavy (non-hydrogen) atoms. The van der Waals surface area contributed by atoms with Gasteiger partial charge in [0.25, 0.3) is 0 Å². The first-order chi connectivity index (χ1) is 7.59. The molecule has 0 saturated heterocycles. The van der Waals surface area contributed by atoms with Crippen molar-refractivity contribution in [2.24, 2.45) is 0 Å². The van der Waals surface area contributed by atoms with E-state index in [1.165, 1.54) is 24.3 Å². The zero-order valence-electron chi connectivity index (χ0n) is 8.27. The maximum atomic E-state index is 8.65. The van der Waals surface area contributed by atoms with Gasteiger partial charge in [-0.3, -0.25) is 0 Å². The summed E-state index contributed by atoms with van der Waals surface area (Å²) in [5, 5.41) is 17.3. The third kappa shape index (κ3) is 4.68. The van der Waals surface area contributed by atoms with Crippen molar-refractivity contribution in [2.75, 3.05) is 0 Å². The molecule has 0 atom stereocenters. The Morgan fingerprint density at radius 3 is 1.19 bits per heavy atom. The van der Waals surface area contributed by atoms with Crippen LogP contribution >= 0.6 is 31.9 Å². The Bertz CT molecular complexity index is 399. The van der Waals surface area contributed by atoms with Crippen molar-refractivity contribution >= 4 is 31.9 Å². The van der Waals surface area contributed by atoms with Crippen LogP contribution in [-0.4, -0.2) is 10.2 Å². The number of benzene rings is 2. The van der Waals surface area contributed by atoms with E-state index in [0.717, 1.165) is 8.95 Å². The largest absolute Gasteiger partial charge is 0.508 e. The van der Waals surface area contributed by atoms with Gasteiger partial charge in [-0.15, -0.1) is 0 Å². The van der Waals surface area contributed by atoms with Crippen molar-refractivity contribution in [3.8, 4) is 11.5 Å². The van der Waals surface area contributed by atoms with Gasteiger partial charge in [0, 0.05) is 8.95 Å². The molecule has 0 aromatic heterocycles. The van der Waals surface area contributed by atoms with Crippen LogP contribution < -0.4 is 0 Å². The molecule has 0 aliphatic rings. The molecule has 0 heterocycles. The van der Waals surface area contributed by atoms with Crippen LogP contribution in [0.4, 0.5) is 0 Å². The number of hydrogen-bond acceptors (Lipinski definition) is 2. The van der Waals surface area contributed by atoms with Gasteiger partial charge in [-0.2, -0.15) is 0 Å². The number of rotatable bonds is 0. The molecule has 0 aliphatic carbocycles. The molecule has 0 amide bonds. The Morgan fingerprint density at radius 2 is 0.938 bits per heavy atom. The highest BCUT2D eigenvalue weighted by molar-refractivity contribution is 9.13. The molecular weight excluding hydrogens is 336 g/mol. The summed E-state index contributed by atoms with van der Waals surface area (Å²) >= 11 is 6.70. The lowest BCUT2D eigenvalue weighted by Gasteiger charge is -1.89. The molecule has 0 bridgehead atoms. The average Bonchev–Trinajstić information content (AvgIpc) is 2.28. The molecule has 2 N–H and O–H groups in total. The third-order valence-corrected chi connectivity index (χ3v) is 3.59. The van der Waals surface area contributed by atoms with Gasteiger partial charge >= 0.3 is 0 Å².